The van der Waals surface area contributed by atoms with Crippen LogP contribution in [0, 0.1) is 13.8 Å². The maximum Gasteiger partial charge on any atom is 0.122 e. The van der Waals surface area contributed by atoms with Crippen LogP contribution in [0.4, 0.5) is 29.1 Å². The molecule has 6 aromatic carbocycles. The van der Waals surface area contributed by atoms with Gasteiger partial charge < -0.3 is 62.7 Å². The van der Waals surface area contributed by atoms with Gasteiger partial charge in [-0.25, -0.2) is 0 Å². The topological polar surface area (TPSA) is 57.1 Å². The highest BCUT2D eigenvalue weighted by Crippen LogP contribution is 2.50. The second kappa shape index (κ2) is 33.0. The van der Waals surface area contributed by atoms with Crippen molar-refractivity contribution in [1.82, 2.24) is 47.3 Å². The van der Waals surface area contributed by atoms with Gasteiger partial charge >= 0.3 is 0 Å². The Hall–Kier alpha value is -11.6. The van der Waals surface area contributed by atoms with E-state index in [1.54, 1.807) is 0 Å². The number of aryl methyl sites for hydroxylation is 2. The molecule has 15 heteroatoms. The Morgan fingerprint density at radius 1 is 0.238 bits per heavy atom. The SMILES string of the molecule is CC(C)c1cc(-c2ccccc2)cc(C(C)C)c1-n1ccc2c1N1C=CN(C)C1C2.CC(C)c1cccc(C(C)C)c1-n1ccc2c1N1C=CN(C)C1C2.CC(C)c1ccccc1-n1ccc2c1N1C=CN(C)C1C2.Cc1cc2c(n1-c1c(C(C)C)cccc1C(C)C)N1C=CN(C)C1C2.Cc1cc2c(n1-c1ccccc1C(C)C)N1C=CN(C)C1C2. The van der Waals surface area contributed by atoms with Gasteiger partial charge in [-0.15, -0.1) is 0 Å². The second-order valence-corrected chi connectivity index (χ2v) is 38.1. The standard InChI is InChI=1S/C27H31N3.C22H29N3.C21H27N3.C19H23N3.C18H21N3/c1-18(2)23-15-22(20-9-7-6-8-10-20)16-24(19(3)4)26(23)30-12-11-21-17-25-28(5)13-14-29(25)27(21)30;1-14(2)18-8-7-9-19(15(3)4)21(18)25-16(5)12-17-13-20-23(6)10-11-24(20)22(17)25;1-14(2)17-7-6-8-18(15(3)4)20(17)24-10-9-16-13-19-22(5)11-12-23(19)21(16)24;1-13(2)16-7-5-6-8-17(16)22-14(3)11-15-12-18-20(4)9-10-21(18)19(15)22;1-13(2)15-6-4-5-7-16(15)20-9-8-14-12-17-19(3)10-11-21(17)18(14)20/h6-16,18-19,25H,17H2,1-5H3;7-12,14-15,20H,13H2,1-6H3;6-12,14-15,19H,13H2,1-5H3;5-11,13,18H,12H2,1-4H3;4-11,13,17H,12H2,1-3H3. The van der Waals surface area contributed by atoms with Gasteiger partial charge in [0, 0.05) is 159 Å². The molecule has 0 saturated heterocycles. The van der Waals surface area contributed by atoms with Crippen molar-refractivity contribution < 1.29 is 0 Å². The monoisotopic (exact) mass is 1630 g/mol. The molecule has 15 nitrogen and oxygen atoms in total. The summed E-state index contributed by atoms with van der Waals surface area (Å²) in [6, 6.07) is 58.4. The average molecular weight is 1630 g/mol. The summed E-state index contributed by atoms with van der Waals surface area (Å²) in [5.41, 5.74) is 30.6. The van der Waals surface area contributed by atoms with Crippen LogP contribution >= 0.6 is 0 Å². The first-order valence-electron chi connectivity index (χ1n) is 45.2. The minimum absolute atomic E-state index is 0.413. The minimum atomic E-state index is 0.413. The number of hydrogen-bond donors (Lipinski definition) is 0. The first-order chi connectivity index (χ1) is 58.6. The summed E-state index contributed by atoms with van der Waals surface area (Å²) in [5, 5.41) is 0. The minimum Gasteiger partial charge on any atom is -0.358 e. The largest absolute Gasteiger partial charge is 0.358 e. The first kappa shape index (κ1) is 82.7. The molecule has 10 aliphatic rings. The summed E-state index contributed by atoms with van der Waals surface area (Å²) < 4.78 is 12.2. The third kappa shape index (κ3) is 14.4. The lowest BCUT2D eigenvalue weighted by Gasteiger charge is -2.28. The number of likely N-dealkylation sites (N-methyl/N-ethyl adjacent to an activating group) is 5. The van der Waals surface area contributed by atoms with E-state index in [0.717, 1.165) is 32.1 Å². The lowest BCUT2D eigenvalue weighted by Crippen LogP contribution is -2.34. The van der Waals surface area contributed by atoms with E-state index in [2.05, 4.69) is 470 Å². The van der Waals surface area contributed by atoms with Gasteiger partial charge in [-0.2, -0.15) is 0 Å². The molecule has 0 radical (unpaired) electrons. The number of para-hydroxylation sites is 4. The predicted octanol–water partition coefficient (Wildman–Crippen LogP) is 24.2. The highest BCUT2D eigenvalue weighted by Gasteiger charge is 2.43. The third-order valence-corrected chi connectivity index (χ3v) is 27.3. The predicted molar refractivity (Wildman–Crippen MR) is 511 cm³/mol. The summed E-state index contributed by atoms with van der Waals surface area (Å²) in [4.78, 5) is 23.7. The van der Waals surface area contributed by atoms with Gasteiger partial charge in [0.15, 0.2) is 0 Å². The molecule has 0 aliphatic carbocycles. The van der Waals surface area contributed by atoms with E-state index in [4.69, 9.17) is 0 Å². The molecule has 15 heterocycles. The molecule has 5 unspecified atom stereocenters. The van der Waals surface area contributed by atoms with Crippen LogP contribution in [0.25, 0.3) is 39.6 Å². The molecule has 122 heavy (non-hydrogen) atoms. The van der Waals surface area contributed by atoms with Crippen molar-refractivity contribution in [2.45, 2.75) is 235 Å². The van der Waals surface area contributed by atoms with Crippen LogP contribution in [0.15, 0.2) is 238 Å². The van der Waals surface area contributed by atoms with Crippen LogP contribution < -0.4 is 24.5 Å². The van der Waals surface area contributed by atoms with E-state index in [1.807, 2.05) is 0 Å². The third-order valence-electron chi connectivity index (χ3n) is 27.3. The van der Waals surface area contributed by atoms with Gasteiger partial charge in [-0.3, -0.25) is 9.13 Å². The van der Waals surface area contributed by atoms with Crippen LogP contribution in [0.3, 0.4) is 0 Å². The van der Waals surface area contributed by atoms with Crippen LogP contribution in [0.2, 0.25) is 0 Å². The second-order valence-electron chi connectivity index (χ2n) is 38.1. The van der Waals surface area contributed by atoms with Gasteiger partial charge in [0.05, 0.1) is 28.4 Å². The molecule has 0 fully saturated rings. The van der Waals surface area contributed by atoms with Crippen molar-refractivity contribution >= 4 is 29.1 Å². The molecule has 5 aromatic heterocycles. The van der Waals surface area contributed by atoms with Crippen molar-refractivity contribution in [2.75, 3.05) is 59.7 Å². The quantitative estimate of drug-likeness (QED) is 0.105. The molecule has 0 spiro atoms. The van der Waals surface area contributed by atoms with E-state index in [9.17, 15) is 0 Å². The zero-order valence-electron chi connectivity index (χ0n) is 76.8. The van der Waals surface area contributed by atoms with Crippen molar-refractivity contribution in [1.29, 1.82) is 0 Å². The highest BCUT2D eigenvalue weighted by atomic mass is 15.5. The first-order valence-corrected chi connectivity index (χ1v) is 45.2. The van der Waals surface area contributed by atoms with E-state index in [-0.39, 0.29) is 0 Å². The number of fused-ring (bicyclic) bond motifs is 15. The number of nitrogens with zero attached hydrogens (tertiary/aromatic N) is 15. The van der Waals surface area contributed by atoms with Gasteiger partial charge in [0.1, 0.15) is 59.9 Å². The van der Waals surface area contributed by atoms with Gasteiger partial charge in [-0.05, 0) is 199 Å². The summed E-state index contributed by atoms with van der Waals surface area (Å²) in [7, 11) is 10.8. The summed E-state index contributed by atoms with van der Waals surface area (Å²) in [6.45, 7) is 41.1. The number of rotatable bonds is 14. The lowest BCUT2D eigenvalue weighted by atomic mass is 9.88. The smallest absolute Gasteiger partial charge is 0.122 e. The Bertz CT molecular complexity index is 5770. The van der Waals surface area contributed by atoms with Crippen molar-refractivity contribution in [3.05, 3.63) is 322 Å². The van der Waals surface area contributed by atoms with E-state index in [1.165, 1.54) is 152 Å². The molecule has 10 aliphatic heterocycles. The van der Waals surface area contributed by atoms with Crippen LogP contribution in [0.1, 0.15) is 242 Å². The van der Waals surface area contributed by atoms with Crippen LogP contribution in [-0.4, -0.2) is 113 Å². The summed E-state index contributed by atoms with van der Waals surface area (Å²) in [5.74, 6) is 10.6. The zero-order valence-corrected chi connectivity index (χ0v) is 76.8. The van der Waals surface area contributed by atoms with E-state index in [0.29, 0.717) is 78.2 Å². The Labute approximate surface area is 728 Å². The van der Waals surface area contributed by atoms with Crippen molar-refractivity contribution in [2.24, 2.45) is 0 Å². The number of benzene rings is 6. The lowest BCUT2D eigenvalue weighted by molar-refractivity contribution is 0.367. The molecular weight excluding hydrogens is 1500 g/mol. The fourth-order valence-corrected chi connectivity index (χ4v) is 20.8. The Morgan fingerprint density at radius 2 is 0.525 bits per heavy atom. The average Bonchev–Trinajstić information content (AvgIpc) is 1.54. The van der Waals surface area contributed by atoms with Crippen molar-refractivity contribution in [3.63, 3.8) is 0 Å². The molecule has 0 saturated carbocycles. The van der Waals surface area contributed by atoms with Gasteiger partial charge in [-0.1, -0.05) is 214 Å². The molecular formula is C107H131N15. The summed E-state index contributed by atoms with van der Waals surface area (Å²) >= 11 is 0. The fraction of sp³-hybridized carbons (Fsp3) is 0.383. The van der Waals surface area contributed by atoms with Crippen LogP contribution in [0.5, 0.6) is 0 Å². The van der Waals surface area contributed by atoms with Crippen molar-refractivity contribution in [3.8, 4) is 39.6 Å². The highest BCUT2D eigenvalue weighted by molar-refractivity contribution is 5.75. The van der Waals surface area contributed by atoms with Crippen LogP contribution in [-0.2, 0) is 32.1 Å². The summed E-state index contributed by atoms with van der Waals surface area (Å²) in [6.07, 6.45) is 36.4. The maximum atomic E-state index is 2.52. The Balaban J connectivity index is 0.000000109. The Kier molecular flexibility index (Phi) is 22.4. The van der Waals surface area contributed by atoms with Gasteiger partial charge in [0.25, 0.3) is 0 Å². The molecule has 0 amide bonds. The van der Waals surface area contributed by atoms with E-state index >= 15 is 0 Å². The van der Waals surface area contributed by atoms with Gasteiger partial charge in [0.2, 0.25) is 0 Å². The van der Waals surface area contributed by atoms with E-state index < -0.39 is 0 Å². The molecule has 5 atom stereocenters. The zero-order chi connectivity index (χ0) is 85.9. The molecule has 634 valence electrons. The fourth-order valence-electron chi connectivity index (χ4n) is 20.8. The molecule has 11 aromatic rings. The maximum absolute atomic E-state index is 2.52. The number of anilines is 5. The molecule has 0 bridgehead atoms. The number of hydrogen-bond acceptors (Lipinski definition) is 10. The Morgan fingerprint density at radius 3 is 0.910 bits per heavy atom. The molecule has 21 rings (SSSR count). The normalized spacial score (nSPS) is 18.6. The molecule has 0 N–H and O–H groups in total. The number of aromatic nitrogens is 5.